The predicted octanol–water partition coefficient (Wildman–Crippen LogP) is 2.85. The predicted molar refractivity (Wildman–Crippen MR) is 87.7 cm³/mol. The molecule has 0 aliphatic heterocycles. The van der Waals surface area contributed by atoms with Crippen LogP contribution in [-0.2, 0) is 17.6 Å². The van der Waals surface area contributed by atoms with E-state index in [1.165, 1.54) is 5.56 Å². The Bertz CT molecular complexity index is 429. The quantitative estimate of drug-likeness (QED) is 0.840. The molecule has 1 heterocycles. The minimum atomic E-state index is 0.166. The lowest BCUT2D eigenvalue weighted by atomic mass is 9.97. The Kier molecular flexibility index (Phi) is 6.75. The molecule has 120 valence electrons. The highest BCUT2D eigenvalue weighted by Crippen LogP contribution is 2.16. The molecule has 21 heavy (non-hydrogen) atoms. The molecule has 0 spiro atoms. The Labute approximate surface area is 129 Å². The second-order valence-corrected chi connectivity index (χ2v) is 6.97. The number of methoxy groups -OCH3 is 1. The third-order valence-corrected chi connectivity index (χ3v) is 3.53. The number of aromatic nitrogens is 2. The average Bonchev–Trinajstić information content (AvgIpc) is 2.37. The summed E-state index contributed by atoms with van der Waals surface area (Å²) in [5, 5.41) is 3.56. The first-order valence-electron chi connectivity index (χ1n) is 7.80. The lowest BCUT2D eigenvalue weighted by Crippen LogP contribution is -2.39. The molecule has 1 aromatic heterocycles. The first kappa shape index (κ1) is 18.1. The smallest absolute Gasteiger partial charge is 0.131 e. The van der Waals surface area contributed by atoms with E-state index >= 15 is 0 Å². The fourth-order valence-electron chi connectivity index (χ4n) is 2.31. The zero-order valence-corrected chi connectivity index (χ0v) is 14.7. The summed E-state index contributed by atoms with van der Waals surface area (Å²) in [4.78, 5) is 9.24. The molecule has 0 radical (unpaired) electrons. The summed E-state index contributed by atoms with van der Waals surface area (Å²) in [5.41, 5.74) is 3.67. The van der Waals surface area contributed by atoms with Gasteiger partial charge >= 0.3 is 0 Å². The first-order chi connectivity index (χ1) is 9.73. The van der Waals surface area contributed by atoms with Crippen LogP contribution in [0.4, 0.5) is 0 Å². The van der Waals surface area contributed by atoms with E-state index in [-0.39, 0.29) is 5.54 Å². The molecule has 1 aromatic rings. The first-order valence-corrected chi connectivity index (χ1v) is 7.80. The van der Waals surface area contributed by atoms with Crippen molar-refractivity contribution in [3.63, 3.8) is 0 Å². The molecule has 1 rings (SSSR count). The van der Waals surface area contributed by atoms with E-state index in [9.17, 15) is 0 Å². The Balaban J connectivity index is 2.70. The zero-order chi connectivity index (χ0) is 16.0. The molecular formula is C17H31N3O. The Morgan fingerprint density at radius 3 is 2.19 bits per heavy atom. The molecule has 0 saturated heterocycles. The van der Waals surface area contributed by atoms with Gasteiger partial charge in [0.15, 0.2) is 0 Å². The number of aryl methyl sites for hydroxylation is 2. The van der Waals surface area contributed by atoms with Crippen molar-refractivity contribution in [3.8, 4) is 0 Å². The van der Waals surface area contributed by atoms with Gasteiger partial charge < -0.3 is 10.1 Å². The SMILES string of the molecule is COCCc1nc(C)c(CC(C)CNC(C)(C)C)c(C)n1. The Morgan fingerprint density at radius 2 is 1.71 bits per heavy atom. The normalized spacial score (nSPS) is 13.5. The van der Waals surface area contributed by atoms with Crippen molar-refractivity contribution in [1.82, 2.24) is 15.3 Å². The maximum absolute atomic E-state index is 5.10. The van der Waals surface area contributed by atoms with Gasteiger partial charge in [-0.3, -0.25) is 0 Å². The van der Waals surface area contributed by atoms with Crippen molar-refractivity contribution in [2.45, 2.75) is 59.9 Å². The molecule has 0 aliphatic carbocycles. The summed E-state index contributed by atoms with van der Waals surface area (Å²) in [6.45, 7) is 14.7. The lowest BCUT2D eigenvalue weighted by Gasteiger charge is -2.24. The molecule has 1 N–H and O–H groups in total. The monoisotopic (exact) mass is 293 g/mol. The van der Waals surface area contributed by atoms with E-state index in [0.29, 0.717) is 12.5 Å². The summed E-state index contributed by atoms with van der Waals surface area (Å²) in [6.07, 6.45) is 1.80. The fourth-order valence-corrected chi connectivity index (χ4v) is 2.31. The van der Waals surface area contributed by atoms with Crippen molar-refractivity contribution in [2.75, 3.05) is 20.3 Å². The molecule has 0 amide bonds. The molecule has 0 bridgehead atoms. The van der Waals surface area contributed by atoms with Crippen LogP contribution in [0.25, 0.3) is 0 Å². The van der Waals surface area contributed by atoms with Crippen molar-refractivity contribution in [3.05, 3.63) is 22.8 Å². The van der Waals surface area contributed by atoms with Gasteiger partial charge in [-0.25, -0.2) is 9.97 Å². The van der Waals surface area contributed by atoms with Crippen molar-refractivity contribution in [2.24, 2.45) is 5.92 Å². The highest BCUT2D eigenvalue weighted by atomic mass is 16.5. The summed E-state index contributed by atoms with van der Waals surface area (Å²) < 4.78 is 5.10. The summed E-state index contributed by atoms with van der Waals surface area (Å²) in [7, 11) is 1.71. The van der Waals surface area contributed by atoms with E-state index in [1.807, 2.05) is 0 Å². The number of rotatable bonds is 7. The maximum Gasteiger partial charge on any atom is 0.131 e. The van der Waals surface area contributed by atoms with Crippen molar-refractivity contribution >= 4 is 0 Å². The van der Waals surface area contributed by atoms with Crippen LogP contribution in [0.15, 0.2) is 0 Å². The van der Waals surface area contributed by atoms with Gasteiger partial charge in [-0.2, -0.15) is 0 Å². The molecule has 0 aromatic carbocycles. The minimum absolute atomic E-state index is 0.166. The number of hydrogen-bond acceptors (Lipinski definition) is 4. The third-order valence-electron chi connectivity index (χ3n) is 3.53. The van der Waals surface area contributed by atoms with Crippen molar-refractivity contribution < 1.29 is 4.74 Å². The van der Waals surface area contributed by atoms with Crippen LogP contribution >= 0.6 is 0 Å². The van der Waals surface area contributed by atoms with E-state index in [2.05, 4.69) is 56.8 Å². The van der Waals surface area contributed by atoms with Gasteiger partial charge in [0, 0.05) is 30.5 Å². The number of nitrogens with one attached hydrogen (secondary N) is 1. The second kappa shape index (κ2) is 7.85. The van der Waals surface area contributed by atoms with Gasteiger partial charge in [-0.1, -0.05) is 6.92 Å². The minimum Gasteiger partial charge on any atom is -0.384 e. The van der Waals surface area contributed by atoms with E-state index in [4.69, 9.17) is 4.74 Å². The topological polar surface area (TPSA) is 47.0 Å². The van der Waals surface area contributed by atoms with Gasteiger partial charge in [0.05, 0.1) is 6.61 Å². The highest BCUT2D eigenvalue weighted by molar-refractivity contribution is 5.25. The van der Waals surface area contributed by atoms with Crippen LogP contribution < -0.4 is 5.32 Å². The molecule has 0 fully saturated rings. The molecule has 0 aliphatic rings. The van der Waals surface area contributed by atoms with Crippen LogP contribution in [0.3, 0.4) is 0 Å². The van der Waals surface area contributed by atoms with Crippen molar-refractivity contribution in [1.29, 1.82) is 0 Å². The van der Waals surface area contributed by atoms with E-state index < -0.39 is 0 Å². The molecule has 1 atom stereocenters. The van der Waals surface area contributed by atoms with Crippen LogP contribution in [0, 0.1) is 19.8 Å². The Morgan fingerprint density at radius 1 is 1.14 bits per heavy atom. The fraction of sp³-hybridized carbons (Fsp3) is 0.765. The van der Waals surface area contributed by atoms with Crippen LogP contribution in [0.1, 0.15) is 50.5 Å². The van der Waals surface area contributed by atoms with Gasteiger partial charge in [-0.05, 0) is 59.1 Å². The molecule has 4 nitrogen and oxygen atoms in total. The molecule has 0 saturated carbocycles. The molecule has 1 unspecified atom stereocenters. The second-order valence-electron chi connectivity index (χ2n) is 6.97. The van der Waals surface area contributed by atoms with Crippen LogP contribution in [-0.4, -0.2) is 35.8 Å². The van der Waals surface area contributed by atoms with Gasteiger partial charge in [0.25, 0.3) is 0 Å². The molecular weight excluding hydrogens is 262 g/mol. The lowest BCUT2D eigenvalue weighted by molar-refractivity contribution is 0.200. The van der Waals surface area contributed by atoms with Crippen LogP contribution in [0.2, 0.25) is 0 Å². The number of nitrogens with zero attached hydrogens (tertiary/aromatic N) is 2. The van der Waals surface area contributed by atoms with Gasteiger partial charge in [0.2, 0.25) is 0 Å². The zero-order valence-electron chi connectivity index (χ0n) is 14.7. The van der Waals surface area contributed by atoms with E-state index in [0.717, 1.165) is 36.6 Å². The van der Waals surface area contributed by atoms with Gasteiger partial charge in [-0.15, -0.1) is 0 Å². The highest BCUT2D eigenvalue weighted by Gasteiger charge is 2.15. The molecule has 4 heteroatoms. The standard InChI is InChI=1S/C17H31N3O/c1-12(11-18-17(4,5)6)10-15-13(2)19-16(8-9-21-7)20-14(15)3/h12,18H,8-11H2,1-7H3. The van der Waals surface area contributed by atoms with E-state index in [1.54, 1.807) is 7.11 Å². The maximum atomic E-state index is 5.10. The van der Waals surface area contributed by atoms with Crippen LogP contribution in [0.5, 0.6) is 0 Å². The number of hydrogen-bond donors (Lipinski definition) is 1. The summed E-state index contributed by atoms with van der Waals surface area (Å²) in [6, 6.07) is 0. The summed E-state index contributed by atoms with van der Waals surface area (Å²) >= 11 is 0. The summed E-state index contributed by atoms with van der Waals surface area (Å²) in [5.74, 6) is 1.45. The Hall–Kier alpha value is -1.00. The van der Waals surface area contributed by atoms with Gasteiger partial charge in [0.1, 0.15) is 5.82 Å². The largest absolute Gasteiger partial charge is 0.384 e. The average molecular weight is 293 g/mol. The number of ether oxygens (including phenoxy) is 1. The third kappa shape index (κ3) is 6.53.